The van der Waals surface area contributed by atoms with Crippen LogP contribution < -0.4 is 15.6 Å². The van der Waals surface area contributed by atoms with Gasteiger partial charge in [0.15, 0.2) is 5.82 Å². The zero-order valence-corrected chi connectivity index (χ0v) is 25.8. The number of anilines is 1. The Balaban J connectivity index is 1.92. The van der Waals surface area contributed by atoms with Gasteiger partial charge in [-0.15, -0.1) is 0 Å². The molecule has 0 atom stereocenters. The Hall–Kier alpha value is -3.66. The second kappa shape index (κ2) is 11.6. The van der Waals surface area contributed by atoms with Crippen LogP contribution >= 0.6 is 7.82 Å². The van der Waals surface area contributed by atoms with Crippen molar-refractivity contribution in [2.75, 3.05) is 5.73 Å². The molecule has 0 aliphatic heterocycles. The number of nitrogens with one attached hydrogen (secondary N) is 1. The van der Waals surface area contributed by atoms with E-state index in [1.165, 1.54) is 18.2 Å². The van der Waals surface area contributed by atoms with Crippen LogP contribution in [0, 0.1) is 0 Å². The molecule has 1 amide bonds. The van der Waals surface area contributed by atoms with Crippen molar-refractivity contribution in [1.29, 1.82) is 0 Å². The SMILES string of the molecule is CCCCc1nc2c(N)nc3cc(C(C)(C)C(C)(C)NC(=O)CC)ccc3c2n1Cc1cc(O)ccc1OP(=O)(O)O. The monoisotopic (exact) mass is 597 g/mol. The van der Waals surface area contributed by atoms with E-state index in [-0.39, 0.29) is 29.8 Å². The molecular weight excluding hydrogens is 557 g/mol. The van der Waals surface area contributed by atoms with Gasteiger partial charge in [0, 0.05) is 34.7 Å². The van der Waals surface area contributed by atoms with Crippen LogP contribution in [0.5, 0.6) is 11.5 Å². The van der Waals surface area contributed by atoms with Crippen LogP contribution in [0.25, 0.3) is 21.9 Å². The van der Waals surface area contributed by atoms with Gasteiger partial charge in [-0.2, -0.15) is 0 Å². The fraction of sp³-hybridized carbons (Fsp3) is 0.433. The van der Waals surface area contributed by atoms with E-state index < -0.39 is 18.8 Å². The number of nitrogen functional groups attached to an aromatic ring is 1. The number of carbonyl (C=O) groups excluding carboxylic acids is 1. The summed E-state index contributed by atoms with van der Waals surface area (Å²) in [4.78, 5) is 40.8. The van der Waals surface area contributed by atoms with Crippen LogP contribution in [-0.4, -0.2) is 40.9 Å². The summed E-state index contributed by atoms with van der Waals surface area (Å²) in [6.45, 7) is 12.2. The molecule has 4 rings (SSSR count). The maximum Gasteiger partial charge on any atom is 0.524 e. The predicted octanol–water partition coefficient (Wildman–Crippen LogP) is 5.32. The van der Waals surface area contributed by atoms with Gasteiger partial charge < -0.3 is 25.2 Å². The first-order valence-corrected chi connectivity index (χ1v) is 15.6. The molecule has 0 aliphatic carbocycles. The molecule has 0 unspecified atom stereocenters. The van der Waals surface area contributed by atoms with Crippen molar-refractivity contribution in [3.63, 3.8) is 0 Å². The molecule has 0 fully saturated rings. The number of aromatic hydroxyl groups is 1. The van der Waals surface area contributed by atoms with Crippen molar-refractivity contribution in [3.8, 4) is 11.5 Å². The molecular formula is C30H40N5O6P. The maximum absolute atomic E-state index is 12.3. The van der Waals surface area contributed by atoms with Gasteiger partial charge >= 0.3 is 7.82 Å². The number of phosphoric acid groups is 1. The van der Waals surface area contributed by atoms with E-state index in [0.717, 1.165) is 35.1 Å². The summed E-state index contributed by atoms with van der Waals surface area (Å²) in [5, 5.41) is 14.1. The number of aryl methyl sites for hydroxylation is 1. The molecule has 0 aliphatic rings. The van der Waals surface area contributed by atoms with Crippen LogP contribution in [0.15, 0.2) is 36.4 Å². The molecule has 0 spiro atoms. The van der Waals surface area contributed by atoms with Crippen LogP contribution in [0.4, 0.5) is 5.82 Å². The Morgan fingerprint density at radius 1 is 1.10 bits per heavy atom. The van der Waals surface area contributed by atoms with Gasteiger partial charge in [-0.05, 0) is 50.1 Å². The summed E-state index contributed by atoms with van der Waals surface area (Å²) < 4.78 is 18.6. The highest BCUT2D eigenvalue weighted by molar-refractivity contribution is 7.46. The number of benzene rings is 2. The van der Waals surface area contributed by atoms with E-state index in [1.807, 2.05) is 43.5 Å². The molecule has 2 aromatic heterocycles. The highest BCUT2D eigenvalue weighted by atomic mass is 31.2. The largest absolute Gasteiger partial charge is 0.524 e. The lowest BCUT2D eigenvalue weighted by Gasteiger charge is -2.43. The average Bonchev–Trinajstić information content (AvgIpc) is 3.26. The standard InChI is InChI=1S/C30H40N5O6P/c1-7-9-10-24-33-26-27(35(24)17-18-15-20(36)12-14-23(18)41-42(38,39)40)21-13-11-19(16-22(21)32-28(26)31)29(3,4)30(5,6)34-25(37)8-2/h11-16,36H,7-10,17H2,1-6H3,(H2,31,32)(H,34,37)(H2,38,39,40). The molecule has 226 valence electrons. The maximum atomic E-state index is 12.3. The number of phosphoric ester groups is 1. The third-order valence-electron chi connectivity index (χ3n) is 8.18. The number of rotatable bonds is 11. The van der Waals surface area contributed by atoms with Crippen LogP contribution in [0.2, 0.25) is 0 Å². The number of unbranched alkanes of at least 4 members (excludes halogenated alkanes) is 1. The third kappa shape index (κ3) is 6.23. The number of hydrogen-bond donors (Lipinski definition) is 5. The minimum Gasteiger partial charge on any atom is -0.508 e. The van der Waals surface area contributed by atoms with E-state index in [2.05, 4.69) is 26.1 Å². The summed E-state index contributed by atoms with van der Waals surface area (Å²) in [5.74, 6) is 0.834. The zero-order chi connectivity index (χ0) is 31.0. The smallest absolute Gasteiger partial charge is 0.508 e. The number of pyridine rings is 1. The number of amides is 1. The molecule has 2 aromatic carbocycles. The molecule has 0 saturated heterocycles. The topological polar surface area (TPSA) is 173 Å². The van der Waals surface area contributed by atoms with Crippen molar-refractivity contribution in [2.24, 2.45) is 0 Å². The van der Waals surface area contributed by atoms with Crippen molar-refractivity contribution in [1.82, 2.24) is 19.9 Å². The van der Waals surface area contributed by atoms with Crippen molar-refractivity contribution >= 4 is 41.5 Å². The van der Waals surface area contributed by atoms with E-state index in [1.54, 1.807) is 0 Å². The predicted molar refractivity (Wildman–Crippen MR) is 163 cm³/mol. The summed E-state index contributed by atoms with van der Waals surface area (Å²) in [7, 11) is -4.85. The Morgan fingerprint density at radius 3 is 2.45 bits per heavy atom. The van der Waals surface area contributed by atoms with Gasteiger partial charge in [0.2, 0.25) is 5.91 Å². The number of carbonyl (C=O) groups is 1. The lowest BCUT2D eigenvalue weighted by Crippen LogP contribution is -2.55. The van der Waals surface area contributed by atoms with Crippen molar-refractivity contribution in [3.05, 3.63) is 53.3 Å². The third-order valence-corrected chi connectivity index (χ3v) is 8.62. The summed E-state index contributed by atoms with van der Waals surface area (Å²) in [6.07, 6.45) is 2.81. The van der Waals surface area contributed by atoms with Gasteiger partial charge in [0.1, 0.15) is 22.8 Å². The number of imidazole rings is 1. The van der Waals surface area contributed by atoms with Crippen molar-refractivity contribution < 1.29 is 28.8 Å². The molecule has 4 aromatic rings. The van der Waals surface area contributed by atoms with Gasteiger partial charge in [0.05, 0.1) is 17.6 Å². The number of hydrogen-bond acceptors (Lipinski definition) is 7. The molecule has 11 nitrogen and oxygen atoms in total. The summed E-state index contributed by atoms with van der Waals surface area (Å²) in [6, 6.07) is 10.0. The first-order chi connectivity index (χ1) is 19.6. The Kier molecular flexibility index (Phi) is 8.60. The Morgan fingerprint density at radius 2 is 1.81 bits per heavy atom. The van der Waals surface area contributed by atoms with Gasteiger partial charge in [-0.3, -0.25) is 14.6 Å². The number of nitrogens with two attached hydrogens (primary N) is 1. The number of phenols is 1. The van der Waals surface area contributed by atoms with E-state index in [0.29, 0.717) is 29.4 Å². The molecule has 2 heterocycles. The normalized spacial score (nSPS) is 12.7. The Bertz CT molecular complexity index is 1690. The molecule has 12 heteroatoms. The zero-order valence-electron chi connectivity index (χ0n) is 24.9. The molecule has 6 N–H and O–H groups in total. The number of nitrogens with zero attached hydrogens (tertiary/aromatic N) is 3. The highest BCUT2D eigenvalue weighted by Crippen LogP contribution is 2.41. The lowest BCUT2D eigenvalue weighted by molar-refractivity contribution is -0.123. The van der Waals surface area contributed by atoms with Crippen LogP contribution in [-0.2, 0) is 27.7 Å². The quantitative estimate of drug-likeness (QED) is 0.143. The summed E-state index contributed by atoms with van der Waals surface area (Å²) in [5.41, 5.74) is 8.66. The molecule has 0 bridgehead atoms. The van der Waals surface area contributed by atoms with Gasteiger partial charge in [-0.1, -0.05) is 46.2 Å². The second-order valence-electron chi connectivity index (χ2n) is 11.7. The first kappa shape index (κ1) is 31.3. The van der Waals surface area contributed by atoms with Gasteiger partial charge in [0.25, 0.3) is 0 Å². The second-order valence-corrected chi connectivity index (χ2v) is 12.8. The minimum atomic E-state index is -4.85. The number of phenolic OH excluding ortho intramolecular Hbond substituents is 1. The average molecular weight is 598 g/mol. The number of aromatic nitrogens is 3. The molecule has 0 saturated carbocycles. The van der Waals surface area contributed by atoms with Crippen LogP contribution in [0.3, 0.4) is 0 Å². The summed E-state index contributed by atoms with van der Waals surface area (Å²) >= 11 is 0. The minimum absolute atomic E-state index is 0.0319. The van der Waals surface area contributed by atoms with Crippen LogP contribution in [0.1, 0.15) is 77.8 Å². The van der Waals surface area contributed by atoms with E-state index in [9.17, 15) is 24.3 Å². The molecule has 42 heavy (non-hydrogen) atoms. The highest BCUT2D eigenvalue weighted by Gasteiger charge is 2.39. The fourth-order valence-corrected chi connectivity index (χ4v) is 5.51. The van der Waals surface area contributed by atoms with E-state index in [4.69, 9.17) is 20.2 Å². The molecule has 0 radical (unpaired) electrons. The first-order valence-electron chi connectivity index (χ1n) is 14.0. The lowest BCUT2D eigenvalue weighted by atomic mass is 9.69. The Labute approximate surface area is 245 Å². The number of fused-ring (bicyclic) bond motifs is 3. The van der Waals surface area contributed by atoms with Gasteiger partial charge in [-0.25, -0.2) is 14.5 Å². The van der Waals surface area contributed by atoms with Crippen molar-refractivity contribution in [2.45, 2.75) is 84.7 Å². The van der Waals surface area contributed by atoms with E-state index >= 15 is 0 Å². The fourth-order valence-electron chi connectivity index (χ4n) is 5.07.